The molecule has 0 aromatic carbocycles. The van der Waals surface area contributed by atoms with Crippen molar-refractivity contribution in [2.75, 3.05) is 39.6 Å². The topological polar surface area (TPSA) is 237 Å². The normalized spacial score (nSPS) is 13.9. The molecule has 17 nitrogen and oxygen atoms in total. The minimum Gasteiger partial charge on any atom is -0.462 e. The van der Waals surface area contributed by atoms with Gasteiger partial charge in [0.25, 0.3) is 0 Å². The predicted octanol–water partition coefficient (Wildman–Crippen LogP) is 23.9. The Balaban J connectivity index is 5.22. The van der Waals surface area contributed by atoms with Gasteiger partial charge in [-0.2, -0.15) is 0 Å². The van der Waals surface area contributed by atoms with Gasteiger partial charge in [-0.1, -0.05) is 369 Å². The van der Waals surface area contributed by atoms with E-state index in [-0.39, 0.29) is 25.7 Å². The predicted molar refractivity (Wildman–Crippen MR) is 405 cm³/mol. The number of rotatable bonds is 79. The number of unbranched alkanes of at least 4 members (excludes halogenated alkanes) is 49. The number of aliphatic hydroxyl groups is 1. The zero-order chi connectivity index (χ0) is 72.8. The lowest BCUT2D eigenvalue weighted by atomic mass is 10.0. The highest BCUT2D eigenvalue weighted by atomic mass is 31.2. The van der Waals surface area contributed by atoms with E-state index in [0.717, 1.165) is 102 Å². The first-order valence-corrected chi connectivity index (χ1v) is 44.5. The average molecular weight is 1450 g/mol. The molecule has 0 heterocycles. The Morgan fingerprint density at radius 1 is 0.273 bits per heavy atom. The maximum atomic E-state index is 13.1. The molecule has 0 amide bonds. The van der Waals surface area contributed by atoms with Crippen molar-refractivity contribution in [3.8, 4) is 0 Å². The summed E-state index contributed by atoms with van der Waals surface area (Å²) in [5, 5.41) is 10.6. The maximum Gasteiger partial charge on any atom is 0.472 e. The Kier molecular flexibility index (Phi) is 70.3. The molecule has 99 heavy (non-hydrogen) atoms. The van der Waals surface area contributed by atoms with Gasteiger partial charge in [-0.3, -0.25) is 37.3 Å². The van der Waals surface area contributed by atoms with E-state index >= 15 is 0 Å². The molecule has 0 saturated carbocycles. The highest BCUT2D eigenvalue weighted by Crippen LogP contribution is 2.45. The molecule has 0 radical (unpaired) electrons. The summed E-state index contributed by atoms with van der Waals surface area (Å²) in [4.78, 5) is 72.9. The molecule has 0 aromatic heterocycles. The summed E-state index contributed by atoms with van der Waals surface area (Å²) in [7, 11) is -9.92. The smallest absolute Gasteiger partial charge is 0.462 e. The third-order valence-electron chi connectivity index (χ3n) is 18.7. The van der Waals surface area contributed by atoms with Gasteiger partial charge in [0, 0.05) is 25.7 Å². The fraction of sp³-hybridized carbons (Fsp3) is 0.950. The van der Waals surface area contributed by atoms with Crippen molar-refractivity contribution in [2.45, 2.75) is 439 Å². The largest absolute Gasteiger partial charge is 0.472 e. The van der Waals surface area contributed by atoms with Crippen LogP contribution in [0.5, 0.6) is 0 Å². The van der Waals surface area contributed by atoms with Crippen LogP contribution in [-0.2, 0) is 65.4 Å². The van der Waals surface area contributed by atoms with Gasteiger partial charge in [0.1, 0.15) is 19.3 Å². The fourth-order valence-corrected chi connectivity index (χ4v) is 13.9. The van der Waals surface area contributed by atoms with Gasteiger partial charge in [-0.15, -0.1) is 0 Å². The summed E-state index contributed by atoms with van der Waals surface area (Å²) in [5.74, 6) is -0.624. The van der Waals surface area contributed by atoms with Crippen LogP contribution in [0.3, 0.4) is 0 Å². The number of esters is 4. The van der Waals surface area contributed by atoms with Gasteiger partial charge in [0.2, 0.25) is 0 Å². The molecule has 0 aliphatic rings. The molecule has 0 aromatic rings. The van der Waals surface area contributed by atoms with E-state index in [1.165, 1.54) is 231 Å². The quantitative estimate of drug-likeness (QED) is 0.0222. The molecule has 5 atom stereocenters. The van der Waals surface area contributed by atoms with Crippen LogP contribution in [0, 0.1) is 11.8 Å². The van der Waals surface area contributed by atoms with Crippen molar-refractivity contribution in [1.29, 1.82) is 0 Å². The molecule has 0 rings (SSSR count). The summed E-state index contributed by atoms with van der Waals surface area (Å²) < 4.78 is 68.7. The monoisotopic (exact) mass is 1450 g/mol. The zero-order valence-corrected chi connectivity index (χ0v) is 66.6. The summed E-state index contributed by atoms with van der Waals surface area (Å²) in [6.07, 6.45) is 61.2. The molecule has 0 bridgehead atoms. The SMILES string of the molecule is CCCCCCCCCCCCCCCCCCCCCCCC(=O)O[C@H](COC(=O)CCCCCCCCCCCCCCC(C)C)COP(=O)(O)OC[C@@H](O)COP(=O)(O)OC[C@@H](COC(=O)CCCCCCCCCC(C)C)OC(=O)CCCCCCCCCCCCCCC. The van der Waals surface area contributed by atoms with E-state index in [1.807, 2.05) is 0 Å². The third-order valence-corrected chi connectivity index (χ3v) is 20.6. The van der Waals surface area contributed by atoms with Crippen LogP contribution in [0.2, 0.25) is 0 Å². The van der Waals surface area contributed by atoms with Gasteiger partial charge in [0.05, 0.1) is 26.4 Å². The van der Waals surface area contributed by atoms with Crippen LogP contribution < -0.4 is 0 Å². The Morgan fingerprint density at radius 3 is 0.687 bits per heavy atom. The number of phosphoric acid groups is 2. The minimum atomic E-state index is -4.96. The zero-order valence-electron chi connectivity index (χ0n) is 64.8. The van der Waals surface area contributed by atoms with E-state index in [2.05, 4.69) is 41.5 Å². The van der Waals surface area contributed by atoms with E-state index in [1.54, 1.807) is 0 Å². The van der Waals surface area contributed by atoms with Crippen LogP contribution in [0.15, 0.2) is 0 Å². The number of hydrogen-bond donors (Lipinski definition) is 3. The van der Waals surface area contributed by atoms with Crippen molar-refractivity contribution in [1.82, 2.24) is 0 Å². The Labute approximate surface area is 607 Å². The van der Waals surface area contributed by atoms with E-state index < -0.39 is 97.5 Å². The molecule has 0 aliphatic carbocycles. The van der Waals surface area contributed by atoms with E-state index in [0.29, 0.717) is 31.6 Å². The second-order valence-corrected chi connectivity index (χ2v) is 32.7. The van der Waals surface area contributed by atoms with E-state index in [9.17, 15) is 43.2 Å². The van der Waals surface area contributed by atoms with Gasteiger partial charge >= 0.3 is 39.5 Å². The second kappa shape index (κ2) is 71.7. The van der Waals surface area contributed by atoms with Crippen molar-refractivity contribution in [3.05, 3.63) is 0 Å². The molecule has 19 heteroatoms. The van der Waals surface area contributed by atoms with Gasteiger partial charge < -0.3 is 33.8 Å². The van der Waals surface area contributed by atoms with Crippen molar-refractivity contribution < 1.29 is 80.2 Å². The van der Waals surface area contributed by atoms with Gasteiger partial charge in [-0.05, 0) is 37.5 Å². The van der Waals surface area contributed by atoms with Crippen molar-refractivity contribution in [2.24, 2.45) is 11.8 Å². The summed E-state index contributed by atoms with van der Waals surface area (Å²) in [6, 6.07) is 0. The van der Waals surface area contributed by atoms with Crippen molar-refractivity contribution >= 4 is 39.5 Å². The molecule has 2 unspecified atom stereocenters. The average Bonchev–Trinajstić information content (AvgIpc) is 0.962. The second-order valence-electron chi connectivity index (χ2n) is 29.8. The first kappa shape index (κ1) is 97.1. The maximum absolute atomic E-state index is 13.1. The summed E-state index contributed by atoms with van der Waals surface area (Å²) in [6.45, 7) is 9.58. The number of ether oxygens (including phenoxy) is 4. The van der Waals surface area contributed by atoms with Gasteiger partial charge in [-0.25, -0.2) is 9.13 Å². The minimum absolute atomic E-state index is 0.107. The molecule has 0 aliphatic heterocycles. The lowest BCUT2D eigenvalue weighted by molar-refractivity contribution is -0.161. The molecular formula is C80H156O17P2. The standard InChI is InChI=1S/C80H156O17P2/c1-7-9-11-13-15-17-19-21-22-23-24-25-26-27-28-30-36-40-46-53-59-65-80(85)96-75(68-90-77(82)62-56-50-44-38-34-32-31-33-37-42-48-54-60-72(3)4)70-94-98(86,87)92-66-74(81)67-93-99(88,89)95-71-76(69-91-78(83)63-57-51-47-41-43-49-55-61-73(5)6)97-79(84)64-58-52-45-39-35-29-20-18-16-14-12-10-8-2/h72-76,81H,7-71H2,1-6H3,(H,86,87)(H,88,89)/t74-,75-,76-/m1/s1. The fourth-order valence-electron chi connectivity index (χ4n) is 12.4. The van der Waals surface area contributed by atoms with E-state index in [4.69, 9.17) is 37.0 Å². The van der Waals surface area contributed by atoms with Crippen LogP contribution in [0.4, 0.5) is 0 Å². The third kappa shape index (κ3) is 74.1. The first-order chi connectivity index (χ1) is 47.9. The highest BCUT2D eigenvalue weighted by Gasteiger charge is 2.30. The molecule has 3 N–H and O–H groups in total. The lowest BCUT2D eigenvalue weighted by Gasteiger charge is -2.21. The van der Waals surface area contributed by atoms with Crippen LogP contribution in [0.1, 0.15) is 420 Å². The van der Waals surface area contributed by atoms with Crippen molar-refractivity contribution in [3.63, 3.8) is 0 Å². The molecule has 0 saturated heterocycles. The molecule has 0 spiro atoms. The van der Waals surface area contributed by atoms with Crippen LogP contribution in [0.25, 0.3) is 0 Å². The number of phosphoric ester groups is 2. The number of carbonyl (C=O) groups is 4. The van der Waals surface area contributed by atoms with Crippen LogP contribution >= 0.6 is 15.6 Å². The Morgan fingerprint density at radius 2 is 0.465 bits per heavy atom. The lowest BCUT2D eigenvalue weighted by Crippen LogP contribution is -2.30. The van der Waals surface area contributed by atoms with Gasteiger partial charge in [0.15, 0.2) is 12.2 Å². The number of hydrogen-bond acceptors (Lipinski definition) is 15. The summed E-state index contributed by atoms with van der Waals surface area (Å²) >= 11 is 0. The first-order valence-electron chi connectivity index (χ1n) is 41.5. The molecule has 0 fully saturated rings. The number of carbonyl (C=O) groups excluding carboxylic acids is 4. The number of aliphatic hydroxyl groups excluding tert-OH is 1. The summed E-state index contributed by atoms with van der Waals surface area (Å²) in [5.41, 5.74) is 0. The Hall–Kier alpha value is -1.94. The molecule has 588 valence electrons. The highest BCUT2D eigenvalue weighted by molar-refractivity contribution is 7.47. The molecular weight excluding hydrogens is 1290 g/mol. The Bertz CT molecular complexity index is 1910. The van der Waals surface area contributed by atoms with Crippen LogP contribution in [-0.4, -0.2) is 96.7 Å².